The average molecular weight is 305 g/mol. The van der Waals surface area contributed by atoms with Gasteiger partial charge in [0, 0.05) is 18.5 Å². The van der Waals surface area contributed by atoms with Gasteiger partial charge in [-0.25, -0.2) is 9.37 Å². The van der Waals surface area contributed by atoms with E-state index in [0.717, 1.165) is 6.07 Å². The van der Waals surface area contributed by atoms with Crippen LogP contribution in [0.2, 0.25) is 0 Å². The van der Waals surface area contributed by atoms with E-state index in [2.05, 4.69) is 9.97 Å². The summed E-state index contributed by atoms with van der Waals surface area (Å²) >= 11 is 0. The first-order chi connectivity index (χ1) is 10.6. The Hall–Kier alpha value is -2.83. The molecule has 1 aromatic carbocycles. The number of rotatable bonds is 4. The largest absolute Gasteiger partial charge is 0.486 e. The van der Waals surface area contributed by atoms with Crippen LogP contribution < -0.4 is 4.74 Å². The van der Waals surface area contributed by atoms with Crippen LogP contribution >= 0.6 is 0 Å². The number of hydrogen-bond acceptors (Lipinski definition) is 3. The molecule has 3 rings (SSSR count). The Balaban J connectivity index is 1.83. The van der Waals surface area contributed by atoms with Gasteiger partial charge in [0.05, 0.1) is 0 Å². The minimum Gasteiger partial charge on any atom is -0.486 e. The quantitative estimate of drug-likeness (QED) is 0.695. The molecule has 0 N–H and O–H groups in total. The maximum atomic E-state index is 13.7. The third kappa shape index (κ3) is 2.93. The number of imidazole rings is 1. The highest BCUT2D eigenvalue weighted by Crippen LogP contribution is 2.17. The second-order valence-electron chi connectivity index (χ2n) is 4.40. The van der Waals surface area contributed by atoms with Crippen molar-refractivity contribution in [1.29, 1.82) is 0 Å². The predicted molar refractivity (Wildman–Crippen MR) is 72.0 cm³/mol. The molecule has 0 atom stereocenters. The van der Waals surface area contributed by atoms with Gasteiger partial charge >= 0.3 is 0 Å². The molecular weight excluding hydrogens is 295 g/mol. The smallest absolute Gasteiger partial charge is 0.239 e. The van der Waals surface area contributed by atoms with Crippen LogP contribution in [0, 0.1) is 17.7 Å². The zero-order chi connectivity index (χ0) is 15.5. The van der Waals surface area contributed by atoms with E-state index in [0.29, 0.717) is 11.6 Å². The lowest BCUT2D eigenvalue weighted by Gasteiger charge is -2.10. The normalized spacial score (nSPS) is 10.7. The minimum atomic E-state index is -0.954. The van der Waals surface area contributed by atoms with Crippen LogP contribution in [-0.4, -0.2) is 14.5 Å². The molecule has 2 aromatic heterocycles. The van der Waals surface area contributed by atoms with Gasteiger partial charge in [0.2, 0.25) is 11.9 Å². The van der Waals surface area contributed by atoms with Crippen LogP contribution in [0.15, 0.2) is 48.8 Å². The minimum absolute atomic E-state index is 0.00668. The van der Waals surface area contributed by atoms with Crippen LogP contribution in [0.4, 0.5) is 13.2 Å². The fraction of sp³-hybridized carbons (Fsp3) is 0.0667. The highest BCUT2D eigenvalue weighted by Gasteiger charge is 2.12. The Morgan fingerprint density at radius 1 is 1.09 bits per heavy atom. The van der Waals surface area contributed by atoms with Gasteiger partial charge < -0.3 is 4.74 Å². The third-order valence-electron chi connectivity index (χ3n) is 2.94. The Morgan fingerprint density at radius 3 is 2.73 bits per heavy atom. The Morgan fingerprint density at radius 2 is 1.95 bits per heavy atom. The van der Waals surface area contributed by atoms with Gasteiger partial charge in [0.15, 0.2) is 5.82 Å². The summed E-state index contributed by atoms with van der Waals surface area (Å²) in [7, 11) is 0. The first kappa shape index (κ1) is 14.1. The zero-order valence-electron chi connectivity index (χ0n) is 11.2. The molecule has 0 unspecified atom stereocenters. The van der Waals surface area contributed by atoms with Gasteiger partial charge in [-0.2, -0.15) is 13.8 Å². The van der Waals surface area contributed by atoms with E-state index in [1.807, 2.05) is 0 Å². The molecule has 112 valence electrons. The molecule has 7 heteroatoms. The van der Waals surface area contributed by atoms with E-state index in [-0.39, 0.29) is 12.3 Å². The molecular formula is C15H10F3N3O. The molecule has 0 spiro atoms. The predicted octanol–water partition coefficient (Wildman–Crippen LogP) is 3.26. The molecule has 22 heavy (non-hydrogen) atoms. The summed E-state index contributed by atoms with van der Waals surface area (Å²) < 4.78 is 46.5. The summed E-state index contributed by atoms with van der Waals surface area (Å²) in [6.07, 6.45) is 2.95. The van der Waals surface area contributed by atoms with Crippen molar-refractivity contribution in [2.24, 2.45) is 0 Å². The number of nitrogens with zero attached hydrogens (tertiary/aromatic N) is 3. The molecule has 2 heterocycles. The van der Waals surface area contributed by atoms with E-state index in [4.69, 9.17) is 4.74 Å². The molecule has 0 aliphatic rings. The molecule has 0 fully saturated rings. The molecule has 0 aliphatic carbocycles. The van der Waals surface area contributed by atoms with Crippen LogP contribution in [0.1, 0.15) is 5.82 Å². The monoisotopic (exact) mass is 305 g/mol. The molecule has 0 amide bonds. The van der Waals surface area contributed by atoms with Gasteiger partial charge in [0.1, 0.15) is 23.9 Å². The van der Waals surface area contributed by atoms with Crippen LogP contribution in [0.5, 0.6) is 5.75 Å². The Kier molecular flexibility index (Phi) is 3.78. The molecule has 4 nitrogen and oxygen atoms in total. The van der Waals surface area contributed by atoms with E-state index < -0.39 is 17.7 Å². The summed E-state index contributed by atoms with van der Waals surface area (Å²) in [6, 6.07) is 7.94. The van der Waals surface area contributed by atoms with Gasteiger partial charge in [-0.1, -0.05) is 6.07 Å². The summed E-state index contributed by atoms with van der Waals surface area (Å²) in [4.78, 5) is 7.18. The van der Waals surface area contributed by atoms with Gasteiger partial charge in [-0.3, -0.25) is 4.57 Å². The molecule has 0 saturated carbocycles. The maximum Gasteiger partial charge on any atom is 0.239 e. The van der Waals surface area contributed by atoms with Gasteiger partial charge in [-0.15, -0.1) is 0 Å². The van der Waals surface area contributed by atoms with Crippen molar-refractivity contribution in [3.8, 4) is 11.4 Å². The first-order valence-electron chi connectivity index (χ1n) is 6.36. The van der Waals surface area contributed by atoms with E-state index in [1.165, 1.54) is 41.2 Å². The highest BCUT2D eigenvalue weighted by atomic mass is 19.1. The summed E-state index contributed by atoms with van der Waals surface area (Å²) in [5.74, 6) is -1.58. The second-order valence-corrected chi connectivity index (χ2v) is 4.40. The lowest BCUT2D eigenvalue weighted by Crippen LogP contribution is -2.08. The fourth-order valence-electron chi connectivity index (χ4n) is 1.95. The SMILES string of the molecule is Fc1cccc(OCc2nccn2-c2ccc(F)nc2F)c1. The maximum absolute atomic E-state index is 13.7. The topological polar surface area (TPSA) is 39.9 Å². The standard InChI is InChI=1S/C15H10F3N3O/c16-10-2-1-3-11(8-10)22-9-14-19-6-7-21(14)12-4-5-13(17)20-15(12)18/h1-8H,9H2. The molecule has 0 saturated heterocycles. The highest BCUT2D eigenvalue weighted by molar-refractivity contribution is 5.31. The second kappa shape index (κ2) is 5.88. The number of aromatic nitrogens is 3. The molecule has 3 aromatic rings. The van der Waals surface area contributed by atoms with E-state index in [9.17, 15) is 13.2 Å². The fourth-order valence-corrected chi connectivity index (χ4v) is 1.95. The van der Waals surface area contributed by atoms with Gasteiger partial charge in [0.25, 0.3) is 0 Å². The first-order valence-corrected chi connectivity index (χ1v) is 6.36. The van der Waals surface area contributed by atoms with Crippen molar-refractivity contribution in [2.75, 3.05) is 0 Å². The molecule has 0 aliphatic heterocycles. The molecule has 0 radical (unpaired) electrons. The number of halogens is 3. The number of pyridine rings is 1. The van der Waals surface area contributed by atoms with Crippen molar-refractivity contribution in [3.63, 3.8) is 0 Å². The van der Waals surface area contributed by atoms with Crippen molar-refractivity contribution in [1.82, 2.24) is 14.5 Å². The average Bonchev–Trinajstić information content (AvgIpc) is 2.93. The summed E-state index contributed by atoms with van der Waals surface area (Å²) in [5, 5.41) is 0. The zero-order valence-corrected chi connectivity index (χ0v) is 11.2. The lowest BCUT2D eigenvalue weighted by molar-refractivity contribution is 0.292. The van der Waals surface area contributed by atoms with Crippen molar-refractivity contribution < 1.29 is 17.9 Å². The number of benzene rings is 1. The van der Waals surface area contributed by atoms with Crippen molar-refractivity contribution in [2.45, 2.75) is 6.61 Å². The van der Waals surface area contributed by atoms with Crippen molar-refractivity contribution in [3.05, 3.63) is 72.3 Å². The Bertz CT molecular complexity index is 804. The number of hydrogen-bond donors (Lipinski definition) is 0. The summed E-state index contributed by atoms with van der Waals surface area (Å²) in [5.41, 5.74) is 0.0525. The van der Waals surface area contributed by atoms with Crippen LogP contribution in [-0.2, 0) is 6.61 Å². The van der Waals surface area contributed by atoms with E-state index in [1.54, 1.807) is 6.07 Å². The number of ether oxygens (including phenoxy) is 1. The summed E-state index contributed by atoms with van der Waals surface area (Å²) in [6.45, 7) is -0.00668. The Labute approximate surface area is 123 Å². The third-order valence-corrected chi connectivity index (χ3v) is 2.94. The lowest BCUT2D eigenvalue weighted by atomic mass is 10.3. The van der Waals surface area contributed by atoms with Gasteiger partial charge in [-0.05, 0) is 24.3 Å². The van der Waals surface area contributed by atoms with Crippen molar-refractivity contribution >= 4 is 0 Å². The van der Waals surface area contributed by atoms with E-state index >= 15 is 0 Å². The van der Waals surface area contributed by atoms with Crippen LogP contribution in [0.25, 0.3) is 5.69 Å². The van der Waals surface area contributed by atoms with Crippen LogP contribution in [0.3, 0.4) is 0 Å². The molecule has 0 bridgehead atoms.